The smallest absolute Gasteiger partial charge is 0.250 e. The Morgan fingerprint density at radius 2 is 1.91 bits per heavy atom. The van der Waals surface area contributed by atoms with E-state index >= 15 is 0 Å². The van der Waals surface area contributed by atoms with Crippen molar-refractivity contribution in [3.05, 3.63) is 89.2 Å². The average molecular weight is 463 g/mol. The third kappa shape index (κ3) is 5.40. The van der Waals surface area contributed by atoms with Gasteiger partial charge in [-0.25, -0.2) is 5.43 Å². The molecule has 0 atom stereocenters. The number of aromatic nitrogens is 4. The molecule has 0 saturated carbocycles. The first kappa shape index (κ1) is 21.7. The normalized spacial score (nSPS) is 11.1. The molecule has 0 fully saturated rings. The number of nitrogens with one attached hydrogen (secondary N) is 1. The predicted octanol–water partition coefficient (Wildman–Crippen LogP) is 4.53. The zero-order chi connectivity index (χ0) is 22.3. The fraction of sp³-hybridized carbons (Fsp3) is 0.0870. The molecular weight excluding hydrogens is 444 g/mol. The SMILES string of the molecule is Cc1ccc(-n2c(SCC(=O)NN=Cc3cccnc3)nnc2-c2ccc(Cl)cc2)cc1. The number of hydrogen-bond acceptors (Lipinski definition) is 6. The maximum absolute atomic E-state index is 12.3. The molecule has 0 radical (unpaired) electrons. The quantitative estimate of drug-likeness (QED) is 0.248. The van der Waals surface area contributed by atoms with Crippen molar-refractivity contribution in [1.29, 1.82) is 0 Å². The van der Waals surface area contributed by atoms with E-state index in [0.717, 1.165) is 22.4 Å². The molecule has 4 rings (SSSR count). The van der Waals surface area contributed by atoms with Crippen LogP contribution in [0.15, 0.2) is 83.3 Å². The predicted molar refractivity (Wildman–Crippen MR) is 127 cm³/mol. The second kappa shape index (κ2) is 10.2. The molecule has 0 spiro atoms. The number of nitrogens with zero attached hydrogens (tertiary/aromatic N) is 5. The van der Waals surface area contributed by atoms with Crippen molar-refractivity contribution < 1.29 is 4.79 Å². The molecule has 32 heavy (non-hydrogen) atoms. The van der Waals surface area contributed by atoms with Crippen molar-refractivity contribution in [2.24, 2.45) is 5.10 Å². The minimum absolute atomic E-state index is 0.134. The summed E-state index contributed by atoms with van der Waals surface area (Å²) in [5.74, 6) is 0.555. The summed E-state index contributed by atoms with van der Waals surface area (Å²) < 4.78 is 1.93. The Bertz CT molecular complexity index is 1220. The molecule has 2 aromatic heterocycles. The van der Waals surface area contributed by atoms with Crippen LogP contribution in [-0.2, 0) is 4.79 Å². The Kier molecular flexibility index (Phi) is 6.94. The number of carbonyl (C=O) groups is 1. The van der Waals surface area contributed by atoms with Gasteiger partial charge < -0.3 is 0 Å². The first-order valence-electron chi connectivity index (χ1n) is 9.73. The van der Waals surface area contributed by atoms with Gasteiger partial charge in [0.15, 0.2) is 11.0 Å². The molecule has 160 valence electrons. The van der Waals surface area contributed by atoms with Crippen molar-refractivity contribution in [1.82, 2.24) is 25.2 Å². The number of halogens is 1. The van der Waals surface area contributed by atoms with Gasteiger partial charge in [0.25, 0.3) is 5.91 Å². The van der Waals surface area contributed by atoms with Crippen LogP contribution in [0.5, 0.6) is 0 Å². The maximum Gasteiger partial charge on any atom is 0.250 e. The molecule has 0 bridgehead atoms. The van der Waals surface area contributed by atoms with Crippen LogP contribution in [0.25, 0.3) is 17.1 Å². The Morgan fingerprint density at radius 1 is 1.12 bits per heavy atom. The lowest BCUT2D eigenvalue weighted by molar-refractivity contribution is -0.118. The van der Waals surface area contributed by atoms with Crippen LogP contribution >= 0.6 is 23.4 Å². The van der Waals surface area contributed by atoms with Crippen LogP contribution in [0.1, 0.15) is 11.1 Å². The lowest BCUT2D eigenvalue weighted by Gasteiger charge is -2.10. The summed E-state index contributed by atoms with van der Waals surface area (Å²) in [7, 11) is 0. The van der Waals surface area contributed by atoms with Gasteiger partial charge in [0.05, 0.1) is 12.0 Å². The van der Waals surface area contributed by atoms with E-state index in [9.17, 15) is 4.79 Å². The van der Waals surface area contributed by atoms with Crippen LogP contribution in [-0.4, -0.2) is 37.6 Å². The minimum atomic E-state index is -0.248. The standard InChI is InChI=1S/C23H19ClN6OS/c1-16-4-10-20(11-5-16)30-22(18-6-8-19(24)9-7-18)28-29-23(30)32-15-21(31)27-26-14-17-3-2-12-25-13-17/h2-14H,15H2,1H3,(H,27,31). The summed E-state index contributed by atoms with van der Waals surface area (Å²) in [6, 6.07) is 19.1. The van der Waals surface area contributed by atoms with Gasteiger partial charge in [0.1, 0.15) is 0 Å². The van der Waals surface area contributed by atoms with E-state index in [1.54, 1.807) is 24.7 Å². The summed E-state index contributed by atoms with van der Waals surface area (Å²) >= 11 is 7.32. The van der Waals surface area contributed by atoms with Gasteiger partial charge in [-0.15, -0.1) is 10.2 Å². The number of thioether (sulfide) groups is 1. The number of hydrogen-bond donors (Lipinski definition) is 1. The zero-order valence-electron chi connectivity index (χ0n) is 17.1. The van der Waals surface area contributed by atoms with Crippen molar-refractivity contribution in [2.75, 3.05) is 5.75 Å². The number of benzene rings is 2. The molecule has 1 amide bonds. The van der Waals surface area contributed by atoms with Gasteiger partial charge in [-0.05, 0) is 49.4 Å². The summed E-state index contributed by atoms with van der Waals surface area (Å²) in [4.78, 5) is 16.3. The van der Waals surface area contributed by atoms with Gasteiger partial charge in [-0.2, -0.15) is 5.10 Å². The van der Waals surface area contributed by atoms with Crippen molar-refractivity contribution >= 4 is 35.5 Å². The number of hydrazone groups is 1. The molecule has 2 aromatic carbocycles. The Morgan fingerprint density at radius 3 is 2.62 bits per heavy atom. The number of carbonyl (C=O) groups excluding carboxylic acids is 1. The molecule has 0 aliphatic heterocycles. The monoisotopic (exact) mass is 462 g/mol. The van der Waals surface area contributed by atoms with Gasteiger partial charge in [-0.1, -0.05) is 47.1 Å². The lowest BCUT2D eigenvalue weighted by Crippen LogP contribution is -2.20. The van der Waals surface area contributed by atoms with E-state index in [1.807, 2.05) is 66.1 Å². The van der Waals surface area contributed by atoms with E-state index in [0.29, 0.717) is 16.0 Å². The molecule has 0 aliphatic carbocycles. The Labute approximate surface area is 194 Å². The molecule has 0 saturated heterocycles. The van der Waals surface area contributed by atoms with Gasteiger partial charge >= 0.3 is 0 Å². The summed E-state index contributed by atoms with van der Waals surface area (Å²) in [6.45, 7) is 2.03. The first-order valence-corrected chi connectivity index (χ1v) is 11.1. The fourth-order valence-electron chi connectivity index (χ4n) is 2.87. The van der Waals surface area contributed by atoms with Crippen molar-refractivity contribution in [3.8, 4) is 17.1 Å². The number of aryl methyl sites for hydroxylation is 1. The summed E-state index contributed by atoms with van der Waals surface area (Å²) in [5, 5.41) is 13.9. The van der Waals surface area contributed by atoms with E-state index in [-0.39, 0.29) is 11.7 Å². The van der Waals surface area contributed by atoms with Gasteiger partial charge in [-0.3, -0.25) is 14.3 Å². The van der Waals surface area contributed by atoms with Crippen molar-refractivity contribution in [2.45, 2.75) is 12.1 Å². The van der Waals surface area contributed by atoms with Crippen LogP contribution in [0.4, 0.5) is 0 Å². The number of pyridine rings is 1. The number of amides is 1. The molecule has 1 N–H and O–H groups in total. The molecule has 0 unspecified atom stereocenters. The Hall–Kier alpha value is -3.49. The molecule has 7 nitrogen and oxygen atoms in total. The Balaban J connectivity index is 1.53. The van der Waals surface area contributed by atoms with Crippen LogP contribution in [0.2, 0.25) is 5.02 Å². The fourth-order valence-corrected chi connectivity index (χ4v) is 3.74. The first-order chi connectivity index (χ1) is 15.6. The zero-order valence-corrected chi connectivity index (χ0v) is 18.7. The third-order valence-corrected chi connectivity index (χ3v) is 5.63. The molecule has 4 aromatic rings. The lowest BCUT2D eigenvalue weighted by atomic mass is 10.2. The van der Waals surface area contributed by atoms with Gasteiger partial charge in [0, 0.05) is 34.2 Å². The van der Waals surface area contributed by atoms with Crippen LogP contribution < -0.4 is 5.43 Å². The molecular formula is C23H19ClN6OS. The third-order valence-electron chi connectivity index (χ3n) is 4.45. The highest BCUT2D eigenvalue weighted by atomic mass is 35.5. The highest BCUT2D eigenvalue weighted by molar-refractivity contribution is 7.99. The minimum Gasteiger partial charge on any atom is -0.272 e. The second-order valence-corrected chi connectivity index (χ2v) is 8.23. The average Bonchev–Trinajstić information content (AvgIpc) is 3.23. The van der Waals surface area contributed by atoms with E-state index in [1.165, 1.54) is 11.8 Å². The van der Waals surface area contributed by atoms with Crippen LogP contribution in [0, 0.1) is 6.92 Å². The number of rotatable bonds is 7. The maximum atomic E-state index is 12.3. The second-order valence-electron chi connectivity index (χ2n) is 6.85. The van der Waals surface area contributed by atoms with E-state index in [4.69, 9.17) is 11.6 Å². The highest BCUT2D eigenvalue weighted by Crippen LogP contribution is 2.28. The molecule has 2 heterocycles. The molecule has 0 aliphatic rings. The van der Waals surface area contributed by atoms with Crippen molar-refractivity contribution in [3.63, 3.8) is 0 Å². The highest BCUT2D eigenvalue weighted by Gasteiger charge is 2.17. The topological polar surface area (TPSA) is 85.1 Å². The largest absolute Gasteiger partial charge is 0.272 e. The summed E-state index contributed by atoms with van der Waals surface area (Å²) in [6.07, 6.45) is 4.88. The summed E-state index contributed by atoms with van der Waals surface area (Å²) in [5.41, 5.74) is 6.25. The van der Waals surface area contributed by atoms with E-state index in [2.05, 4.69) is 25.7 Å². The van der Waals surface area contributed by atoms with E-state index < -0.39 is 0 Å². The molecule has 9 heteroatoms. The van der Waals surface area contributed by atoms with Gasteiger partial charge in [0.2, 0.25) is 0 Å². The van der Waals surface area contributed by atoms with Crippen LogP contribution in [0.3, 0.4) is 0 Å².